The van der Waals surface area contributed by atoms with Gasteiger partial charge in [0.25, 0.3) is 0 Å². The second-order valence-electron chi connectivity index (χ2n) is 5.99. The molecule has 2 aromatic carbocycles. The molecule has 0 atom stereocenters. The molecule has 3 aromatic rings. The summed E-state index contributed by atoms with van der Waals surface area (Å²) >= 11 is 11.1. The maximum Gasteiger partial charge on any atom is 0.120 e. The SMILES string of the molecule is Clc1ccc(Cc2nc3ccc(OCCCCCCBr)cc3s2)cc1. The molecule has 0 radical (unpaired) electrons. The Balaban J connectivity index is 1.58. The van der Waals surface area contributed by atoms with Crippen molar-refractivity contribution in [1.29, 1.82) is 0 Å². The van der Waals surface area contributed by atoms with E-state index in [9.17, 15) is 0 Å². The fourth-order valence-electron chi connectivity index (χ4n) is 2.64. The Bertz CT molecular complexity index is 803. The Kier molecular flexibility index (Phi) is 7.14. The number of ether oxygens (including phenoxy) is 1. The Labute approximate surface area is 166 Å². The minimum absolute atomic E-state index is 0.766. The van der Waals surface area contributed by atoms with Gasteiger partial charge in [0.15, 0.2) is 0 Å². The molecule has 25 heavy (non-hydrogen) atoms. The van der Waals surface area contributed by atoms with Gasteiger partial charge in [0.05, 0.1) is 21.8 Å². The zero-order valence-corrected chi connectivity index (χ0v) is 17.2. The summed E-state index contributed by atoms with van der Waals surface area (Å²) in [6, 6.07) is 14.1. The summed E-state index contributed by atoms with van der Waals surface area (Å²) < 4.78 is 7.07. The summed E-state index contributed by atoms with van der Waals surface area (Å²) in [5.74, 6) is 0.940. The van der Waals surface area contributed by atoms with E-state index in [-0.39, 0.29) is 0 Å². The molecular weight excluding hydrogens is 418 g/mol. The molecule has 0 N–H and O–H groups in total. The lowest BCUT2D eigenvalue weighted by atomic mass is 10.2. The quantitative estimate of drug-likeness (QED) is 0.268. The van der Waals surface area contributed by atoms with Gasteiger partial charge in [0.2, 0.25) is 0 Å². The highest BCUT2D eigenvalue weighted by molar-refractivity contribution is 9.09. The lowest BCUT2D eigenvalue weighted by Crippen LogP contribution is -1.97. The molecule has 1 aromatic heterocycles. The predicted octanol–water partition coefficient (Wildman–Crippen LogP) is 6.87. The van der Waals surface area contributed by atoms with E-state index in [0.717, 1.165) is 46.1 Å². The standard InChI is InChI=1S/C20H21BrClNOS/c21-11-3-1-2-4-12-24-17-9-10-18-19(14-17)25-20(23-18)13-15-5-7-16(22)8-6-15/h5-10,14H,1-4,11-13H2. The van der Waals surface area contributed by atoms with Crippen molar-refractivity contribution in [2.45, 2.75) is 32.1 Å². The summed E-state index contributed by atoms with van der Waals surface area (Å²) in [6.07, 6.45) is 5.66. The Morgan fingerprint density at radius 2 is 1.80 bits per heavy atom. The van der Waals surface area contributed by atoms with Crippen LogP contribution in [-0.2, 0) is 6.42 Å². The van der Waals surface area contributed by atoms with Crippen LogP contribution in [0, 0.1) is 0 Å². The third-order valence-electron chi connectivity index (χ3n) is 3.97. The van der Waals surface area contributed by atoms with Crippen molar-refractivity contribution in [2.24, 2.45) is 0 Å². The van der Waals surface area contributed by atoms with Crippen LogP contribution in [0.4, 0.5) is 0 Å². The Morgan fingerprint density at radius 3 is 2.60 bits per heavy atom. The Morgan fingerprint density at radius 1 is 1.00 bits per heavy atom. The minimum Gasteiger partial charge on any atom is -0.494 e. The van der Waals surface area contributed by atoms with Crippen LogP contribution in [0.5, 0.6) is 5.75 Å². The second-order valence-corrected chi connectivity index (χ2v) is 8.34. The van der Waals surface area contributed by atoms with E-state index in [1.165, 1.54) is 29.5 Å². The molecule has 0 saturated carbocycles. The van der Waals surface area contributed by atoms with Crippen LogP contribution in [0.2, 0.25) is 5.02 Å². The van der Waals surface area contributed by atoms with Gasteiger partial charge in [-0.1, -0.05) is 52.5 Å². The maximum absolute atomic E-state index is 5.94. The minimum atomic E-state index is 0.766. The lowest BCUT2D eigenvalue weighted by molar-refractivity contribution is 0.305. The number of halogens is 2. The molecule has 2 nitrogen and oxygen atoms in total. The monoisotopic (exact) mass is 437 g/mol. The summed E-state index contributed by atoms with van der Waals surface area (Å²) in [5.41, 5.74) is 2.27. The first-order valence-electron chi connectivity index (χ1n) is 8.57. The van der Waals surface area contributed by atoms with Gasteiger partial charge in [0, 0.05) is 16.8 Å². The molecule has 0 unspecified atom stereocenters. The van der Waals surface area contributed by atoms with E-state index >= 15 is 0 Å². The molecule has 5 heteroatoms. The number of nitrogens with zero attached hydrogens (tertiary/aromatic N) is 1. The van der Waals surface area contributed by atoms with E-state index in [4.69, 9.17) is 21.3 Å². The van der Waals surface area contributed by atoms with Crippen molar-refractivity contribution < 1.29 is 4.74 Å². The van der Waals surface area contributed by atoms with E-state index in [2.05, 4.69) is 40.2 Å². The summed E-state index contributed by atoms with van der Waals surface area (Å²) in [5, 5.41) is 2.97. The number of aromatic nitrogens is 1. The van der Waals surface area contributed by atoms with Gasteiger partial charge >= 0.3 is 0 Å². The third-order valence-corrected chi connectivity index (χ3v) is 5.80. The second kappa shape index (κ2) is 9.56. The number of rotatable bonds is 9. The molecule has 0 aliphatic heterocycles. The molecule has 0 fully saturated rings. The van der Waals surface area contributed by atoms with Gasteiger partial charge in [-0.3, -0.25) is 0 Å². The van der Waals surface area contributed by atoms with Gasteiger partial charge in [-0.05, 0) is 48.7 Å². The average molecular weight is 439 g/mol. The first kappa shape index (κ1) is 18.7. The van der Waals surface area contributed by atoms with Crippen LogP contribution < -0.4 is 4.74 Å². The normalized spacial score (nSPS) is 11.1. The number of hydrogen-bond acceptors (Lipinski definition) is 3. The van der Waals surface area contributed by atoms with Crippen LogP contribution in [-0.4, -0.2) is 16.9 Å². The zero-order valence-electron chi connectivity index (χ0n) is 14.0. The van der Waals surface area contributed by atoms with Crippen LogP contribution in [0.15, 0.2) is 42.5 Å². The number of fused-ring (bicyclic) bond motifs is 1. The molecule has 0 aliphatic rings. The fraction of sp³-hybridized carbons (Fsp3) is 0.350. The van der Waals surface area contributed by atoms with E-state index in [0.29, 0.717) is 0 Å². The molecule has 0 spiro atoms. The maximum atomic E-state index is 5.94. The van der Waals surface area contributed by atoms with Gasteiger partial charge in [-0.25, -0.2) is 4.98 Å². The number of hydrogen-bond donors (Lipinski definition) is 0. The number of benzene rings is 2. The number of alkyl halides is 1. The van der Waals surface area contributed by atoms with Crippen molar-refractivity contribution in [3.8, 4) is 5.75 Å². The summed E-state index contributed by atoms with van der Waals surface area (Å²) in [7, 11) is 0. The first-order valence-corrected chi connectivity index (χ1v) is 10.9. The van der Waals surface area contributed by atoms with Crippen LogP contribution in [0.25, 0.3) is 10.2 Å². The third kappa shape index (κ3) is 5.70. The van der Waals surface area contributed by atoms with E-state index in [1.54, 1.807) is 11.3 Å². The smallest absolute Gasteiger partial charge is 0.120 e. The van der Waals surface area contributed by atoms with Gasteiger partial charge in [-0.2, -0.15) is 0 Å². The van der Waals surface area contributed by atoms with Gasteiger partial charge < -0.3 is 4.74 Å². The highest BCUT2D eigenvalue weighted by Gasteiger charge is 2.06. The van der Waals surface area contributed by atoms with Crippen LogP contribution >= 0.6 is 38.9 Å². The summed E-state index contributed by atoms with van der Waals surface area (Å²) in [6.45, 7) is 0.782. The topological polar surface area (TPSA) is 22.1 Å². The predicted molar refractivity (Wildman–Crippen MR) is 112 cm³/mol. The van der Waals surface area contributed by atoms with E-state index < -0.39 is 0 Å². The van der Waals surface area contributed by atoms with Crippen molar-refractivity contribution in [1.82, 2.24) is 4.98 Å². The lowest BCUT2D eigenvalue weighted by Gasteiger charge is -2.05. The molecule has 0 amide bonds. The van der Waals surface area contributed by atoms with E-state index in [1.807, 2.05) is 18.2 Å². The fourth-order valence-corrected chi connectivity index (χ4v) is 4.19. The van der Waals surface area contributed by atoms with Crippen LogP contribution in [0.1, 0.15) is 36.3 Å². The summed E-state index contributed by atoms with van der Waals surface area (Å²) in [4.78, 5) is 4.73. The molecule has 0 bridgehead atoms. The molecule has 1 heterocycles. The Hall–Kier alpha value is -1.10. The van der Waals surface area contributed by atoms with Crippen LogP contribution in [0.3, 0.4) is 0 Å². The molecule has 132 valence electrons. The molecule has 0 saturated heterocycles. The first-order chi connectivity index (χ1) is 12.2. The van der Waals surface area contributed by atoms with Crippen molar-refractivity contribution in [2.75, 3.05) is 11.9 Å². The van der Waals surface area contributed by atoms with Crippen molar-refractivity contribution in [3.63, 3.8) is 0 Å². The van der Waals surface area contributed by atoms with Crippen molar-refractivity contribution >= 4 is 49.1 Å². The zero-order chi connectivity index (χ0) is 17.5. The largest absolute Gasteiger partial charge is 0.494 e. The highest BCUT2D eigenvalue weighted by atomic mass is 79.9. The number of unbranched alkanes of at least 4 members (excludes halogenated alkanes) is 3. The van der Waals surface area contributed by atoms with Crippen molar-refractivity contribution in [3.05, 3.63) is 58.1 Å². The highest BCUT2D eigenvalue weighted by Crippen LogP contribution is 2.28. The molecular formula is C20H21BrClNOS. The number of thiazole rings is 1. The van der Waals surface area contributed by atoms with Gasteiger partial charge in [0.1, 0.15) is 5.75 Å². The molecule has 0 aliphatic carbocycles. The average Bonchev–Trinajstić information content (AvgIpc) is 3.01. The molecule has 3 rings (SSSR count). The van der Waals surface area contributed by atoms with Gasteiger partial charge in [-0.15, -0.1) is 11.3 Å².